The number of nitrogens with one attached hydrogen (secondary N) is 2. The van der Waals surface area contributed by atoms with Crippen molar-refractivity contribution in [2.24, 2.45) is 7.05 Å². The van der Waals surface area contributed by atoms with Gasteiger partial charge in [0.1, 0.15) is 12.4 Å². The van der Waals surface area contributed by atoms with Crippen LogP contribution in [0.15, 0.2) is 36.4 Å². The number of fused-ring (bicyclic) bond motifs is 1. The maximum atomic E-state index is 12.2. The average Bonchev–Trinajstić information content (AvgIpc) is 2.99. The van der Waals surface area contributed by atoms with E-state index in [2.05, 4.69) is 25.7 Å². The third kappa shape index (κ3) is 4.10. The molecule has 0 saturated heterocycles. The van der Waals surface area contributed by atoms with E-state index in [0.29, 0.717) is 18.9 Å². The molecule has 0 atom stereocenters. The SMILES string of the molecule is COCc1nc(C(=O)NCCNc2ccc3ccccc3n2)n(C)n1. The number of carbonyl (C=O) groups excluding carboxylic acids is 1. The summed E-state index contributed by atoms with van der Waals surface area (Å²) in [6.07, 6.45) is 0. The van der Waals surface area contributed by atoms with Gasteiger partial charge in [-0.2, -0.15) is 5.10 Å². The fourth-order valence-electron chi connectivity index (χ4n) is 2.44. The first kappa shape index (κ1) is 16.8. The number of anilines is 1. The summed E-state index contributed by atoms with van der Waals surface area (Å²) in [5.41, 5.74) is 0.932. The first-order chi connectivity index (χ1) is 12.2. The number of carbonyl (C=O) groups is 1. The van der Waals surface area contributed by atoms with E-state index in [1.165, 1.54) is 4.68 Å². The predicted molar refractivity (Wildman–Crippen MR) is 94.3 cm³/mol. The number of amides is 1. The molecule has 2 heterocycles. The zero-order chi connectivity index (χ0) is 17.6. The summed E-state index contributed by atoms with van der Waals surface area (Å²) in [5.74, 6) is 1.24. The molecule has 8 nitrogen and oxygen atoms in total. The zero-order valence-electron chi connectivity index (χ0n) is 14.2. The van der Waals surface area contributed by atoms with E-state index < -0.39 is 0 Å². The van der Waals surface area contributed by atoms with Crippen LogP contribution in [0.5, 0.6) is 0 Å². The predicted octanol–water partition coefficient (Wildman–Crippen LogP) is 1.35. The van der Waals surface area contributed by atoms with Crippen molar-refractivity contribution in [3.63, 3.8) is 0 Å². The van der Waals surface area contributed by atoms with Crippen LogP contribution >= 0.6 is 0 Å². The highest BCUT2D eigenvalue weighted by Gasteiger charge is 2.14. The molecule has 0 radical (unpaired) electrons. The number of methoxy groups -OCH3 is 1. The molecule has 2 aromatic heterocycles. The molecule has 2 N–H and O–H groups in total. The normalized spacial score (nSPS) is 10.8. The number of hydrogen-bond donors (Lipinski definition) is 2. The standard InChI is InChI=1S/C17H20N6O2/c1-23-16(21-15(22-23)11-25-2)17(24)19-10-9-18-14-8-7-12-5-3-4-6-13(12)20-14/h3-8H,9-11H2,1-2H3,(H,18,20)(H,19,24). The number of aromatic nitrogens is 4. The molecule has 0 saturated carbocycles. The van der Waals surface area contributed by atoms with Crippen LogP contribution in [0.3, 0.4) is 0 Å². The highest BCUT2D eigenvalue weighted by atomic mass is 16.5. The van der Waals surface area contributed by atoms with Crippen LogP contribution in [0.25, 0.3) is 10.9 Å². The van der Waals surface area contributed by atoms with E-state index >= 15 is 0 Å². The summed E-state index contributed by atoms with van der Waals surface area (Å²) in [4.78, 5) is 20.8. The topological polar surface area (TPSA) is 94.0 Å². The molecular weight excluding hydrogens is 320 g/mol. The lowest BCUT2D eigenvalue weighted by atomic mass is 10.2. The van der Waals surface area contributed by atoms with Crippen LogP contribution in [0.2, 0.25) is 0 Å². The summed E-state index contributed by atoms with van der Waals surface area (Å²) >= 11 is 0. The molecule has 0 aliphatic carbocycles. The third-order valence-corrected chi connectivity index (χ3v) is 3.60. The van der Waals surface area contributed by atoms with Crippen LogP contribution in [0, 0.1) is 0 Å². The van der Waals surface area contributed by atoms with Gasteiger partial charge in [-0.05, 0) is 18.2 Å². The lowest BCUT2D eigenvalue weighted by Gasteiger charge is -2.08. The average molecular weight is 340 g/mol. The second-order valence-electron chi connectivity index (χ2n) is 5.48. The lowest BCUT2D eigenvalue weighted by molar-refractivity contribution is 0.0940. The molecule has 25 heavy (non-hydrogen) atoms. The third-order valence-electron chi connectivity index (χ3n) is 3.60. The van der Waals surface area contributed by atoms with Crippen molar-refractivity contribution in [1.82, 2.24) is 25.1 Å². The van der Waals surface area contributed by atoms with Crippen LogP contribution in [0.4, 0.5) is 5.82 Å². The van der Waals surface area contributed by atoms with E-state index in [9.17, 15) is 4.79 Å². The molecule has 1 aromatic carbocycles. The fourth-order valence-corrected chi connectivity index (χ4v) is 2.44. The first-order valence-corrected chi connectivity index (χ1v) is 7.94. The van der Waals surface area contributed by atoms with Crippen molar-refractivity contribution in [1.29, 1.82) is 0 Å². The smallest absolute Gasteiger partial charge is 0.288 e. The minimum Gasteiger partial charge on any atom is -0.377 e. The van der Waals surface area contributed by atoms with Gasteiger partial charge in [-0.1, -0.05) is 18.2 Å². The molecule has 0 unspecified atom stereocenters. The quantitative estimate of drug-likeness (QED) is 0.631. The Morgan fingerprint density at radius 1 is 1.16 bits per heavy atom. The fraction of sp³-hybridized carbons (Fsp3) is 0.294. The minimum absolute atomic E-state index is 0.260. The summed E-state index contributed by atoms with van der Waals surface area (Å²) < 4.78 is 6.41. The van der Waals surface area contributed by atoms with Crippen molar-refractivity contribution in [3.8, 4) is 0 Å². The number of rotatable bonds is 7. The summed E-state index contributed by atoms with van der Waals surface area (Å²) in [6, 6.07) is 11.9. The van der Waals surface area contributed by atoms with Gasteiger partial charge in [0.25, 0.3) is 5.91 Å². The molecule has 130 valence electrons. The molecule has 0 aliphatic rings. The number of aryl methyl sites for hydroxylation is 1. The molecule has 3 aromatic rings. The molecule has 0 spiro atoms. The molecular formula is C17H20N6O2. The number of hydrogen-bond acceptors (Lipinski definition) is 6. The zero-order valence-corrected chi connectivity index (χ0v) is 14.2. The highest BCUT2D eigenvalue weighted by Crippen LogP contribution is 2.14. The number of benzene rings is 1. The van der Waals surface area contributed by atoms with Crippen molar-refractivity contribution in [2.75, 3.05) is 25.5 Å². The molecule has 3 rings (SSSR count). The van der Waals surface area contributed by atoms with Gasteiger partial charge in [0.15, 0.2) is 5.82 Å². The van der Waals surface area contributed by atoms with Crippen LogP contribution in [-0.2, 0) is 18.4 Å². The van der Waals surface area contributed by atoms with Crippen LogP contribution in [0.1, 0.15) is 16.4 Å². The van der Waals surface area contributed by atoms with Gasteiger partial charge in [0.2, 0.25) is 5.82 Å². The molecule has 0 bridgehead atoms. The highest BCUT2D eigenvalue weighted by molar-refractivity contribution is 5.90. The van der Waals surface area contributed by atoms with Gasteiger partial charge in [0.05, 0.1) is 5.52 Å². The van der Waals surface area contributed by atoms with E-state index in [1.54, 1.807) is 14.2 Å². The van der Waals surface area contributed by atoms with E-state index in [4.69, 9.17) is 4.74 Å². The Balaban J connectivity index is 1.51. The van der Waals surface area contributed by atoms with Gasteiger partial charge in [-0.15, -0.1) is 0 Å². The van der Waals surface area contributed by atoms with Crippen molar-refractivity contribution >= 4 is 22.6 Å². The second kappa shape index (κ2) is 7.71. The second-order valence-corrected chi connectivity index (χ2v) is 5.48. The summed E-state index contributed by atoms with van der Waals surface area (Å²) in [5, 5.41) is 11.2. The van der Waals surface area contributed by atoms with Crippen molar-refractivity contribution < 1.29 is 9.53 Å². The molecule has 1 amide bonds. The minimum atomic E-state index is -0.273. The van der Waals surface area contributed by atoms with Gasteiger partial charge >= 0.3 is 0 Å². The van der Waals surface area contributed by atoms with Crippen LogP contribution in [-0.4, -0.2) is 45.9 Å². The Morgan fingerprint density at radius 2 is 2.00 bits per heavy atom. The van der Waals surface area contributed by atoms with Crippen molar-refractivity contribution in [2.45, 2.75) is 6.61 Å². The molecule has 8 heteroatoms. The van der Waals surface area contributed by atoms with Gasteiger partial charge in [0, 0.05) is 32.6 Å². The Labute approximate surface area is 145 Å². The largest absolute Gasteiger partial charge is 0.377 e. The number of para-hydroxylation sites is 1. The first-order valence-electron chi connectivity index (χ1n) is 7.94. The Hall–Kier alpha value is -3.00. The number of nitrogens with zero attached hydrogens (tertiary/aromatic N) is 4. The Bertz CT molecular complexity index is 876. The monoisotopic (exact) mass is 340 g/mol. The molecule has 0 aliphatic heterocycles. The maximum absolute atomic E-state index is 12.2. The number of ether oxygens (including phenoxy) is 1. The Kier molecular flexibility index (Phi) is 5.20. The maximum Gasteiger partial charge on any atom is 0.288 e. The van der Waals surface area contributed by atoms with Gasteiger partial charge in [-0.25, -0.2) is 14.6 Å². The number of pyridine rings is 1. The Morgan fingerprint density at radius 3 is 2.84 bits per heavy atom. The van der Waals surface area contributed by atoms with Crippen molar-refractivity contribution in [3.05, 3.63) is 48.0 Å². The van der Waals surface area contributed by atoms with E-state index in [-0.39, 0.29) is 18.3 Å². The van der Waals surface area contributed by atoms with Crippen LogP contribution < -0.4 is 10.6 Å². The summed E-state index contributed by atoms with van der Waals surface area (Å²) in [7, 11) is 3.24. The lowest BCUT2D eigenvalue weighted by Crippen LogP contribution is -2.30. The summed E-state index contributed by atoms with van der Waals surface area (Å²) in [6.45, 7) is 1.27. The molecule has 0 fully saturated rings. The van der Waals surface area contributed by atoms with E-state index in [0.717, 1.165) is 16.7 Å². The van der Waals surface area contributed by atoms with E-state index in [1.807, 2.05) is 36.4 Å². The van der Waals surface area contributed by atoms with Gasteiger partial charge in [-0.3, -0.25) is 4.79 Å². The van der Waals surface area contributed by atoms with Gasteiger partial charge < -0.3 is 15.4 Å².